The molecule has 0 spiro atoms. The van der Waals surface area contributed by atoms with Crippen LogP contribution in [0.5, 0.6) is 0 Å². The van der Waals surface area contributed by atoms with Gasteiger partial charge in [-0.25, -0.2) is 0 Å². The van der Waals surface area contributed by atoms with Crippen molar-refractivity contribution in [3.63, 3.8) is 0 Å². The summed E-state index contributed by atoms with van der Waals surface area (Å²) in [4.78, 5) is 38.2. The van der Waals surface area contributed by atoms with Crippen molar-refractivity contribution >= 4 is 23.2 Å². The Morgan fingerprint density at radius 1 is 1.22 bits per heavy atom. The molecule has 2 heterocycles. The van der Waals surface area contributed by atoms with E-state index in [1.165, 1.54) is 23.1 Å². The van der Waals surface area contributed by atoms with E-state index in [9.17, 15) is 19.7 Å². The molecule has 1 N–H and O–H groups in total. The lowest BCUT2D eigenvalue weighted by molar-refractivity contribution is -0.385. The first-order valence-electron chi connectivity index (χ1n) is 10.2. The van der Waals surface area contributed by atoms with E-state index in [0.29, 0.717) is 42.0 Å². The quantitative estimate of drug-likeness (QED) is 0.486. The maximum Gasteiger partial charge on any atom is 0.272 e. The highest BCUT2D eigenvalue weighted by Crippen LogP contribution is 2.26. The summed E-state index contributed by atoms with van der Waals surface area (Å²) in [7, 11) is 1.84. The highest BCUT2D eigenvalue weighted by atomic mass is 16.6. The van der Waals surface area contributed by atoms with Crippen LogP contribution in [0.1, 0.15) is 28.8 Å². The molecule has 3 aromatic rings. The summed E-state index contributed by atoms with van der Waals surface area (Å²) in [6, 6.07) is 10.9. The van der Waals surface area contributed by atoms with E-state index >= 15 is 0 Å². The van der Waals surface area contributed by atoms with E-state index in [0.717, 1.165) is 5.56 Å². The Kier molecular flexibility index (Phi) is 5.67. The van der Waals surface area contributed by atoms with E-state index in [-0.39, 0.29) is 17.5 Å². The molecule has 4 rings (SSSR count). The van der Waals surface area contributed by atoms with Crippen LogP contribution >= 0.6 is 0 Å². The number of aromatic nitrogens is 3. The van der Waals surface area contributed by atoms with Gasteiger partial charge in [-0.15, -0.1) is 10.2 Å². The number of nitro benzene ring substituents is 1. The number of benzene rings is 2. The average Bonchev–Trinajstić information content (AvgIpc) is 3.42. The molecule has 2 amide bonds. The lowest BCUT2D eigenvalue weighted by Gasteiger charge is -2.24. The first-order chi connectivity index (χ1) is 15.3. The van der Waals surface area contributed by atoms with Crippen LogP contribution < -0.4 is 5.32 Å². The van der Waals surface area contributed by atoms with Crippen LogP contribution in [0.3, 0.4) is 0 Å². The Balaban J connectivity index is 1.51. The number of carbonyl (C=O) groups excluding carboxylic acids is 2. The number of aryl methyl sites for hydroxylation is 2. The zero-order chi connectivity index (χ0) is 22.8. The lowest BCUT2D eigenvalue weighted by Crippen LogP contribution is -2.43. The van der Waals surface area contributed by atoms with Crippen molar-refractivity contribution in [1.82, 2.24) is 19.7 Å². The molecule has 0 saturated carbocycles. The van der Waals surface area contributed by atoms with E-state index in [4.69, 9.17) is 0 Å². The van der Waals surface area contributed by atoms with Gasteiger partial charge in [0.05, 0.1) is 4.92 Å². The number of amides is 2. The first-order valence-corrected chi connectivity index (χ1v) is 10.2. The van der Waals surface area contributed by atoms with Crippen LogP contribution in [-0.4, -0.2) is 49.0 Å². The second kappa shape index (κ2) is 8.58. The molecule has 1 atom stereocenters. The molecular weight excluding hydrogens is 412 g/mol. The third kappa shape index (κ3) is 4.07. The van der Waals surface area contributed by atoms with E-state index < -0.39 is 11.0 Å². The first kappa shape index (κ1) is 21.2. The molecule has 0 radical (unpaired) electrons. The predicted octanol–water partition coefficient (Wildman–Crippen LogP) is 2.94. The molecule has 2 aromatic carbocycles. The van der Waals surface area contributed by atoms with Crippen molar-refractivity contribution in [2.24, 2.45) is 7.05 Å². The molecule has 32 heavy (non-hydrogen) atoms. The fourth-order valence-corrected chi connectivity index (χ4v) is 3.95. The van der Waals surface area contributed by atoms with Gasteiger partial charge in [0.2, 0.25) is 5.91 Å². The number of hydrogen-bond donors (Lipinski definition) is 1. The average molecular weight is 434 g/mol. The maximum atomic E-state index is 13.1. The van der Waals surface area contributed by atoms with E-state index in [1.807, 2.05) is 25.2 Å². The molecule has 0 aliphatic carbocycles. The second-order valence-corrected chi connectivity index (χ2v) is 7.75. The Morgan fingerprint density at radius 2 is 2.03 bits per heavy atom. The minimum atomic E-state index is -0.614. The van der Waals surface area contributed by atoms with Crippen LogP contribution in [0.15, 0.2) is 48.8 Å². The van der Waals surface area contributed by atoms with Gasteiger partial charge >= 0.3 is 0 Å². The number of nitrogens with zero attached hydrogens (tertiary/aromatic N) is 5. The Labute approximate surface area is 184 Å². The van der Waals surface area contributed by atoms with Gasteiger partial charge in [-0.2, -0.15) is 0 Å². The summed E-state index contributed by atoms with van der Waals surface area (Å²) in [5.41, 5.74) is 2.10. The normalized spacial score (nSPS) is 15.6. The van der Waals surface area contributed by atoms with Crippen molar-refractivity contribution in [2.75, 3.05) is 11.9 Å². The Morgan fingerprint density at radius 3 is 2.72 bits per heavy atom. The highest BCUT2D eigenvalue weighted by molar-refractivity contribution is 6.02. The number of anilines is 1. The molecule has 164 valence electrons. The largest absolute Gasteiger partial charge is 0.327 e. The second-order valence-electron chi connectivity index (χ2n) is 7.75. The smallest absolute Gasteiger partial charge is 0.272 e. The van der Waals surface area contributed by atoms with Crippen molar-refractivity contribution in [3.05, 3.63) is 70.0 Å². The number of nitro groups is 1. The molecule has 0 bridgehead atoms. The minimum Gasteiger partial charge on any atom is -0.327 e. The van der Waals surface area contributed by atoms with E-state index in [2.05, 4.69) is 15.5 Å². The number of nitrogens with one attached hydrogen (secondary N) is 1. The zero-order valence-corrected chi connectivity index (χ0v) is 17.7. The monoisotopic (exact) mass is 434 g/mol. The SMILES string of the molecule is Cc1cc(C(=O)N2CCCC2C(=O)Nc2cccc(-c3nncn3C)c2)ccc1[N+](=O)[O-]. The summed E-state index contributed by atoms with van der Waals surface area (Å²) in [6.07, 6.45) is 2.85. The fraction of sp³-hybridized carbons (Fsp3) is 0.273. The molecule has 1 saturated heterocycles. The molecule has 1 aliphatic rings. The van der Waals surface area contributed by atoms with Crippen molar-refractivity contribution in [1.29, 1.82) is 0 Å². The van der Waals surface area contributed by atoms with Crippen LogP contribution in [-0.2, 0) is 11.8 Å². The van der Waals surface area contributed by atoms with Crippen LogP contribution in [0, 0.1) is 17.0 Å². The third-order valence-electron chi connectivity index (χ3n) is 5.56. The van der Waals surface area contributed by atoms with Crippen molar-refractivity contribution in [2.45, 2.75) is 25.8 Å². The molecule has 1 unspecified atom stereocenters. The Bertz CT molecular complexity index is 1200. The molecule has 10 nitrogen and oxygen atoms in total. The topological polar surface area (TPSA) is 123 Å². The molecule has 10 heteroatoms. The molecule has 1 fully saturated rings. The number of carbonyl (C=O) groups is 2. The highest BCUT2D eigenvalue weighted by Gasteiger charge is 2.35. The molecule has 1 aromatic heterocycles. The standard InChI is InChI=1S/C22H22N6O4/c1-14-11-16(8-9-18(14)28(31)32)22(30)27-10-4-7-19(27)21(29)24-17-6-3-5-15(12-17)20-25-23-13-26(20)2/h3,5-6,8-9,11-13,19H,4,7,10H2,1-2H3,(H,24,29). The van der Waals surface area contributed by atoms with Crippen LogP contribution in [0.2, 0.25) is 0 Å². The molecular formula is C22H22N6O4. The van der Waals surface area contributed by atoms with Crippen molar-refractivity contribution < 1.29 is 14.5 Å². The number of hydrogen-bond acceptors (Lipinski definition) is 6. The Hall–Kier alpha value is -4.08. The van der Waals surface area contributed by atoms with Crippen LogP contribution in [0.4, 0.5) is 11.4 Å². The van der Waals surface area contributed by atoms with Gasteiger partial charge in [-0.3, -0.25) is 19.7 Å². The van der Waals surface area contributed by atoms with Gasteiger partial charge in [-0.05, 0) is 44.0 Å². The predicted molar refractivity (Wildman–Crippen MR) is 117 cm³/mol. The number of rotatable bonds is 5. The maximum absolute atomic E-state index is 13.1. The lowest BCUT2D eigenvalue weighted by atomic mass is 10.1. The fourth-order valence-electron chi connectivity index (χ4n) is 3.95. The van der Waals surface area contributed by atoms with Gasteiger partial charge in [0.1, 0.15) is 12.4 Å². The van der Waals surface area contributed by atoms with Gasteiger partial charge in [0.15, 0.2) is 5.82 Å². The third-order valence-corrected chi connectivity index (χ3v) is 5.56. The summed E-state index contributed by atoms with van der Waals surface area (Å²) in [5.74, 6) is 0.0883. The molecule has 1 aliphatic heterocycles. The zero-order valence-electron chi connectivity index (χ0n) is 17.7. The number of likely N-dealkylation sites (tertiary alicyclic amines) is 1. The summed E-state index contributed by atoms with van der Waals surface area (Å²) >= 11 is 0. The minimum absolute atomic E-state index is 0.0416. The van der Waals surface area contributed by atoms with Gasteiger partial charge in [0.25, 0.3) is 11.6 Å². The summed E-state index contributed by atoms with van der Waals surface area (Å²) < 4.78 is 1.78. The van der Waals surface area contributed by atoms with E-state index in [1.54, 1.807) is 23.9 Å². The van der Waals surface area contributed by atoms with Gasteiger partial charge in [-0.1, -0.05) is 12.1 Å². The summed E-state index contributed by atoms with van der Waals surface area (Å²) in [5, 5.41) is 21.9. The van der Waals surface area contributed by atoms with Gasteiger partial charge in [0, 0.05) is 42.0 Å². The summed E-state index contributed by atoms with van der Waals surface area (Å²) in [6.45, 7) is 2.04. The van der Waals surface area contributed by atoms with Crippen LogP contribution in [0.25, 0.3) is 11.4 Å². The van der Waals surface area contributed by atoms with Crippen molar-refractivity contribution in [3.8, 4) is 11.4 Å². The van der Waals surface area contributed by atoms with Gasteiger partial charge < -0.3 is 14.8 Å².